The molecular formula is C10H10ClN3O2S2. The van der Waals surface area contributed by atoms with Gasteiger partial charge in [0.2, 0.25) is 10.0 Å². The first kappa shape index (κ1) is 13.3. The Hall–Kier alpha value is -1.15. The molecule has 1 aromatic carbocycles. The molecule has 0 spiro atoms. The number of nitrogens with two attached hydrogens (primary N) is 1. The van der Waals surface area contributed by atoms with Gasteiger partial charge in [-0.25, -0.2) is 18.5 Å². The zero-order chi connectivity index (χ0) is 13.2. The molecule has 96 valence electrons. The molecule has 3 N–H and O–H groups in total. The molecule has 8 heteroatoms. The van der Waals surface area contributed by atoms with Crippen LogP contribution in [0, 0.1) is 0 Å². The van der Waals surface area contributed by atoms with Gasteiger partial charge in [0.25, 0.3) is 0 Å². The zero-order valence-electron chi connectivity index (χ0n) is 9.13. The lowest BCUT2D eigenvalue weighted by atomic mass is 10.3. The number of nitrogens with zero attached hydrogens (tertiary/aromatic N) is 1. The number of nitrogens with one attached hydrogen (secondary N) is 1. The number of anilines is 1. The minimum absolute atomic E-state index is 0.0218. The van der Waals surface area contributed by atoms with Crippen LogP contribution in [-0.4, -0.2) is 13.4 Å². The van der Waals surface area contributed by atoms with E-state index in [2.05, 4.69) is 10.3 Å². The van der Waals surface area contributed by atoms with Gasteiger partial charge in [0.1, 0.15) is 5.01 Å². The van der Waals surface area contributed by atoms with Crippen molar-refractivity contribution >= 4 is 38.6 Å². The maximum absolute atomic E-state index is 11.2. The van der Waals surface area contributed by atoms with E-state index in [4.69, 9.17) is 16.7 Å². The minimum Gasteiger partial charge on any atom is -0.377 e. The third-order valence-electron chi connectivity index (χ3n) is 2.18. The van der Waals surface area contributed by atoms with E-state index in [0.717, 1.165) is 5.01 Å². The summed E-state index contributed by atoms with van der Waals surface area (Å²) >= 11 is 7.47. The van der Waals surface area contributed by atoms with Gasteiger partial charge < -0.3 is 5.32 Å². The lowest BCUT2D eigenvalue weighted by Crippen LogP contribution is -2.12. The van der Waals surface area contributed by atoms with Crippen molar-refractivity contribution in [3.05, 3.63) is 39.8 Å². The predicted molar refractivity (Wildman–Crippen MR) is 72.3 cm³/mol. The number of rotatable bonds is 4. The Bertz CT molecular complexity index is 641. The maximum Gasteiger partial charge on any atom is 0.238 e. The van der Waals surface area contributed by atoms with Gasteiger partial charge in [0, 0.05) is 11.6 Å². The molecule has 0 aliphatic heterocycles. The van der Waals surface area contributed by atoms with Crippen LogP contribution < -0.4 is 10.5 Å². The van der Waals surface area contributed by atoms with Crippen molar-refractivity contribution in [1.82, 2.24) is 4.98 Å². The third-order valence-corrected chi connectivity index (χ3v) is 4.20. The quantitative estimate of drug-likeness (QED) is 0.905. The number of halogens is 1. The maximum atomic E-state index is 11.2. The van der Waals surface area contributed by atoms with E-state index in [1.54, 1.807) is 6.20 Å². The summed E-state index contributed by atoms with van der Waals surface area (Å²) in [5, 5.41) is 11.3. The van der Waals surface area contributed by atoms with Crippen molar-refractivity contribution < 1.29 is 8.42 Å². The highest BCUT2D eigenvalue weighted by Gasteiger charge is 2.10. The van der Waals surface area contributed by atoms with E-state index in [1.165, 1.54) is 29.5 Å². The van der Waals surface area contributed by atoms with Crippen molar-refractivity contribution in [2.45, 2.75) is 11.4 Å². The van der Waals surface area contributed by atoms with Gasteiger partial charge in [-0.05, 0) is 18.2 Å². The summed E-state index contributed by atoms with van der Waals surface area (Å²) in [6.45, 7) is 0.478. The van der Waals surface area contributed by atoms with Gasteiger partial charge in [0.15, 0.2) is 0 Å². The van der Waals surface area contributed by atoms with E-state index >= 15 is 0 Å². The standard InChI is InChI=1S/C10H10ClN3O2S2/c11-8-2-1-7(18(12,15)16)5-9(8)14-6-10-13-3-4-17-10/h1-5,14H,6H2,(H2,12,15,16). The Morgan fingerprint density at radius 2 is 2.22 bits per heavy atom. The van der Waals surface area contributed by atoms with Gasteiger partial charge in [-0.15, -0.1) is 11.3 Å². The summed E-state index contributed by atoms with van der Waals surface area (Å²) in [5.74, 6) is 0. The predicted octanol–water partition coefficient (Wildman–Crippen LogP) is 2.06. The van der Waals surface area contributed by atoms with Crippen LogP contribution in [0.25, 0.3) is 0 Å². The molecule has 0 atom stereocenters. The van der Waals surface area contributed by atoms with Crippen LogP contribution in [0.15, 0.2) is 34.7 Å². The van der Waals surface area contributed by atoms with Crippen molar-refractivity contribution in [2.24, 2.45) is 5.14 Å². The van der Waals surface area contributed by atoms with Crippen LogP contribution in [0.3, 0.4) is 0 Å². The SMILES string of the molecule is NS(=O)(=O)c1ccc(Cl)c(NCc2nccs2)c1. The van der Waals surface area contributed by atoms with Crippen LogP contribution in [0.2, 0.25) is 5.02 Å². The molecule has 5 nitrogen and oxygen atoms in total. The van der Waals surface area contributed by atoms with Gasteiger partial charge in [0.05, 0.1) is 22.2 Å². The Morgan fingerprint density at radius 3 is 2.83 bits per heavy atom. The summed E-state index contributed by atoms with van der Waals surface area (Å²) < 4.78 is 22.5. The number of sulfonamides is 1. The Kier molecular flexibility index (Phi) is 3.86. The van der Waals surface area contributed by atoms with Gasteiger partial charge in [-0.1, -0.05) is 11.6 Å². The Morgan fingerprint density at radius 1 is 1.44 bits per heavy atom. The number of hydrogen-bond acceptors (Lipinski definition) is 5. The normalized spacial score (nSPS) is 11.4. The largest absolute Gasteiger partial charge is 0.377 e. The summed E-state index contributed by atoms with van der Waals surface area (Å²) in [7, 11) is -3.73. The highest BCUT2D eigenvalue weighted by atomic mass is 35.5. The van der Waals surface area contributed by atoms with E-state index in [0.29, 0.717) is 17.3 Å². The monoisotopic (exact) mass is 303 g/mol. The van der Waals surface area contributed by atoms with E-state index in [1.807, 2.05) is 5.38 Å². The van der Waals surface area contributed by atoms with Crippen LogP contribution in [0.5, 0.6) is 0 Å². The fraction of sp³-hybridized carbons (Fsp3) is 0.100. The number of benzene rings is 1. The van der Waals surface area contributed by atoms with Crippen LogP contribution in [0.1, 0.15) is 5.01 Å². The second-order valence-corrected chi connectivity index (χ2v) is 6.41. The molecule has 0 unspecified atom stereocenters. The van der Waals surface area contributed by atoms with Crippen LogP contribution in [0.4, 0.5) is 5.69 Å². The van der Waals surface area contributed by atoms with Crippen LogP contribution in [-0.2, 0) is 16.6 Å². The van der Waals surface area contributed by atoms with E-state index in [-0.39, 0.29) is 4.90 Å². The molecule has 2 aromatic rings. The zero-order valence-corrected chi connectivity index (χ0v) is 11.5. The Labute approximate surface area is 114 Å². The minimum atomic E-state index is -3.73. The highest BCUT2D eigenvalue weighted by Crippen LogP contribution is 2.25. The molecular weight excluding hydrogens is 294 g/mol. The molecule has 0 aliphatic carbocycles. The first-order valence-corrected chi connectivity index (χ1v) is 7.72. The van der Waals surface area contributed by atoms with Crippen molar-refractivity contribution in [2.75, 3.05) is 5.32 Å². The number of primary sulfonamides is 1. The molecule has 0 aliphatic rings. The number of aromatic nitrogens is 1. The summed E-state index contributed by atoms with van der Waals surface area (Å²) in [6, 6.07) is 4.27. The number of hydrogen-bond donors (Lipinski definition) is 2. The first-order chi connectivity index (χ1) is 8.47. The van der Waals surface area contributed by atoms with Crippen LogP contribution >= 0.6 is 22.9 Å². The molecule has 0 saturated carbocycles. The molecule has 0 fully saturated rings. The lowest BCUT2D eigenvalue weighted by molar-refractivity contribution is 0.598. The average Bonchev–Trinajstić information content (AvgIpc) is 2.79. The molecule has 0 bridgehead atoms. The first-order valence-electron chi connectivity index (χ1n) is 4.91. The van der Waals surface area contributed by atoms with E-state index < -0.39 is 10.0 Å². The molecule has 0 radical (unpaired) electrons. The topological polar surface area (TPSA) is 85.1 Å². The molecule has 18 heavy (non-hydrogen) atoms. The number of thiazole rings is 1. The summed E-state index contributed by atoms with van der Waals surface area (Å²) in [5.41, 5.74) is 0.512. The second-order valence-electron chi connectivity index (χ2n) is 3.47. The third kappa shape index (κ3) is 3.20. The lowest BCUT2D eigenvalue weighted by Gasteiger charge is -2.08. The van der Waals surface area contributed by atoms with Gasteiger partial charge in [-0.3, -0.25) is 0 Å². The van der Waals surface area contributed by atoms with Gasteiger partial charge >= 0.3 is 0 Å². The molecule has 1 heterocycles. The average molecular weight is 304 g/mol. The van der Waals surface area contributed by atoms with Crippen molar-refractivity contribution in [3.8, 4) is 0 Å². The van der Waals surface area contributed by atoms with E-state index in [9.17, 15) is 8.42 Å². The molecule has 1 aromatic heterocycles. The molecule has 0 saturated heterocycles. The second kappa shape index (κ2) is 5.23. The fourth-order valence-electron chi connectivity index (χ4n) is 1.33. The summed E-state index contributed by atoms with van der Waals surface area (Å²) in [6.07, 6.45) is 1.70. The fourth-order valence-corrected chi connectivity index (χ4v) is 2.61. The Balaban J connectivity index is 2.22. The molecule has 0 amide bonds. The van der Waals surface area contributed by atoms with Crippen molar-refractivity contribution in [3.63, 3.8) is 0 Å². The highest BCUT2D eigenvalue weighted by molar-refractivity contribution is 7.89. The smallest absolute Gasteiger partial charge is 0.238 e. The molecule has 2 rings (SSSR count). The van der Waals surface area contributed by atoms with Crippen molar-refractivity contribution in [1.29, 1.82) is 0 Å². The summed E-state index contributed by atoms with van der Waals surface area (Å²) in [4.78, 5) is 4.12. The van der Waals surface area contributed by atoms with Gasteiger partial charge in [-0.2, -0.15) is 0 Å².